The van der Waals surface area contributed by atoms with Crippen molar-refractivity contribution in [3.63, 3.8) is 0 Å². The molecule has 0 spiro atoms. The molecular weight excluding hydrogens is 258 g/mol. The van der Waals surface area contributed by atoms with E-state index in [1.807, 2.05) is 0 Å². The van der Waals surface area contributed by atoms with Crippen molar-refractivity contribution in [2.75, 3.05) is 26.2 Å². The fraction of sp³-hybridized carbons (Fsp3) is 0.857. The van der Waals surface area contributed by atoms with Crippen molar-refractivity contribution >= 4 is 11.8 Å². The lowest BCUT2D eigenvalue weighted by Gasteiger charge is -2.30. The number of nitrogens with zero attached hydrogens (tertiary/aromatic N) is 2. The molecule has 0 aliphatic carbocycles. The summed E-state index contributed by atoms with van der Waals surface area (Å²) < 4.78 is 0. The summed E-state index contributed by atoms with van der Waals surface area (Å²) in [5.41, 5.74) is 0. The molecule has 0 aromatic carbocycles. The minimum atomic E-state index is -0.930. The SMILES string of the molecule is CC(C)N(CCNC(=O)CN1CCC(O)C1=O)C(C)C. The number of aliphatic hydroxyl groups is 1. The van der Waals surface area contributed by atoms with E-state index in [1.165, 1.54) is 4.90 Å². The van der Waals surface area contributed by atoms with Crippen LogP contribution in [0.1, 0.15) is 34.1 Å². The third-order valence-corrected chi connectivity index (χ3v) is 3.62. The highest BCUT2D eigenvalue weighted by Gasteiger charge is 2.30. The number of amides is 2. The monoisotopic (exact) mass is 285 g/mol. The summed E-state index contributed by atoms with van der Waals surface area (Å²) in [6.07, 6.45) is -0.513. The first kappa shape index (κ1) is 16.9. The van der Waals surface area contributed by atoms with Crippen LogP contribution in [0.25, 0.3) is 0 Å². The van der Waals surface area contributed by atoms with E-state index in [0.717, 1.165) is 6.54 Å². The number of nitrogens with one attached hydrogen (secondary N) is 1. The van der Waals surface area contributed by atoms with E-state index in [1.54, 1.807) is 0 Å². The van der Waals surface area contributed by atoms with Crippen molar-refractivity contribution in [1.29, 1.82) is 0 Å². The van der Waals surface area contributed by atoms with Gasteiger partial charge in [0.2, 0.25) is 5.91 Å². The van der Waals surface area contributed by atoms with Gasteiger partial charge in [-0.25, -0.2) is 0 Å². The third-order valence-electron chi connectivity index (χ3n) is 3.62. The predicted octanol–water partition coefficient (Wildman–Crippen LogP) is -0.185. The van der Waals surface area contributed by atoms with Crippen LogP contribution in [0.4, 0.5) is 0 Å². The van der Waals surface area contributed by atoms with Crippen molar-refractivity contribution in [1.82, 2.24) is 15.1 Å². The molecule has 116 valence electrons. The Morgan fingerprint density at radius 2 is 2.00 bits per heavy atom. The van der Waals surface area contributed by atoms with Gasteiger partial charge in [0.15, 0.2) is 0 Å². The van der Waals surface area contributed by atoms with Gasteiger partial charge >= 0.3 is 0 Å². The molecule has 1 rings (SSSR count). The summed E-state index contributed by atoms with van der Waals surface area (Å²) in [6, 6.07) is 0.865. The Morgan fingerprint density at radius 3 is 2.45 bits per heavy atom. The van der Waals surface area contributed by atoms with Gasteiger partial charge in [0.05, 0.1) is 6.54 Å². The number of carbonyl (C=O) groups is 2. The van der Waals surface area contributed by atoms with Gasteiger partial charge < -0.3 is 15.3 Å². The number of carbonyl (C=O) groups excluding carboxylic acids is 2. The maximum Gasteiger partial charge on any atom is 0.251 e. The van der Waals surface area contributed by atoms with Crippen LogP contribution >= 0.6 is 0 Å². The Balaban J connectivity index is 2.28. The molecule has 0 aromatic rings. The van der Waals surface area contributed by atoms with E-state index in [9.17, 15) is 14.7 Å². The van der Waals surface area contributed by atoms with E-state index in [-0.39, 0.29) is 18.4 Å². The van der Waals surface area contributed by atoms with E-state index >= 15 is 0 Å². The fourth-order valence-corrected chi connectivity index (χ4v) is 2.55. The lowest BCUT2D eigenvalue weighted by molar-refractivity contribution is -0.137. The second kappa shape index (κ2) is 7.59. The van der Waals surface area contributed by atoms with Gasteiger partial charge in [-0.2, -0.15) is 0 Å². The van der Waals surface area contributed by atoms with Crippen LogP contribution in [0.2, 0.25) is 0 Å². The number of aliphatic hydroxyl groups excluding tert-OH is 1. The van der Waals surface area contributed by atoms with Crippen molar-refractivity contribution in [3.05, 3.63) is 0 Å². The molecule has 6 heteroatoms. The predicted molar refractivity (Wildman–Crippen MR) is 77.2 cm³/mol. The van der Waals surface area contributed by atoms with Crippen molar-refractivity contribution in [2.24, 2.45) is 0 Å². The maximum absolute atomic E-state index is 11.8. The minimum absolute atomic E-state index is 0.0409. The molecule has 1 fully saturated rings. The molecule has 1 atom stereocenters. The van der Waals surface area contributed by atoms with Crippen LogP contribution in [0.15, 0.2) is 0 Å². The smallest absolute Gasteiger partial charge is 0.251 e. The van der Waals surface area contributed by atoms with Crippen LogP contribution in [0, 0.1) is 0 Å². The molecule has 0 saturated carbocycles. The zero-order valence-electron chi connectivity index (χ0n) is 12.9. The van der Waals surface area contributed by atoms with E-state index in [2.05, 4.69) is 37.9 Å². The lowest BCUT2D eigenvalue weighted by atomic mass is 10.2. The van der Waals surface area contributed by atoms with Gasteiger partial charge in [0.25, 0.3) is 5.91 Å². The number of hydrogen-bond acceptors (Lipinski definition) is 4. The molecule has 0 aromatic heterocycles. The first-order valence-corrected chi connectivity index (χ1v) is 7.32. The maximum atomic E-state index is 11.8. The second-order valence-electron chi connectivity index (χ2n) is 5.84. The summed E-state index contributed by atoms with van der Waals surface area (Å²) in [4.78, 5) is 27.0. The summed E-state index contributed by atoms with van der Waals surface area (Å²) in [5.74, 6) is -0.508. The summed E-state index contributed by atoms with van der Waals surface area (Å²) >= 11 is 0. The Labute approximate surface area is 121 Å². The Bertz CT molecular complexity index is 337. The van der Waals surface area contributed by atoms with Gasteiger partial charge in [0.1, 0.15) is 6.10 Å². The van der Waals surface area contributed by atoms with Crippen molar-refractivity contribution in [2.45, 2.75) is 52.3 Å². The zero-order chi connectivity index (χ0) is 15.3. The van der Waals surface area contributed by atoms with Crippen molar-refractivity contribution in [3.8, 4) is 0 Å². The molecule has 1 aliphatic heterocycles. The average Bonchev–Trinajstić information content (AvgIpc) is 2.65. The van der Waals surface area contributed by atoms with Gasteiger partial charge in [-0.05, 0) is 34.1 Å². The third kappa shape index (κ3) is 4.76. The summed E-state index contributed by atoms with van der Waals surface area (Å²) in [6.45, 7) is 10.4. The Morgan fingerprint density at radius 1 is 1.40 bits per heavy atom. The van der Waals surface area contributed by atoms with E-state index in [0.29, 0.717) is 31.6 Å². The Hall–Kier alpha value is -1.14. The molecule has 2 N–H and O–H groups in total. The molecule has 1 aliphatic rings. The van der Waals surface area contributed by atoms with Crippen LogP contribution in [-0.4, -0.2) is 71.1 Å². The van der Waals surface area contributed by atoms with Crippen LogP contribution in [0.5, 0.6) is 0 Å². The molecule has 0 bridgehead atoms. The first-order valence-electron chi connectivity index (χ1n) is 7.32. The fourth-order valence-electron chi connectivity index (χ4n) is 2.55. The normalized spacial score (nSPS) is 19.5. The van der Waals surface area contributed by atoms with Gasteiger partial charge in [-0.1, -0.05) is 0 Å². The molecule has 1 unspecified atom stereocenters. The highest BCUT2D eigenvalue weighted by molar-refractivity contribution is 5.88. The van der Waals surface area contributed by atoms with E-state index < -0.39 is 6.10 Å². The lowest BCUT2D eigenvalue weighted by Crippen LogP contribution is -2.45. The van der Waals surface area contributed by atoms with Gasteiger partial charge in [0, 0.05) is 31.7 Å². The molecule has 20 heavy (non-hydrogen) atoms. The molecular formula is C14H27N3O3. The van der Waals surface area contributed by atoms with E-state index in [4.69, 9.17) is 0 Å². The van der Waals surface area contributed by atoms with Crippen LogP contribution in [0.3, 0.4) is 0 Å². The molecule has 2 amide bonds. The van der Waals surface area contributed by atoms with Crippen LogP contribution in [-0.2, 0) is 9.59 Å². The van der Waals surface area contributed by atoms with Crippen LogP contribution < -0.4 is 5.32 Å². The minimum Gasteiger partial charge on any atom is -0.383 e. The average molecular weight is 285 g/mol. The van der Waals surface area contributed by atoms with Crippen molar-refractivity contribution < 1.29 is 14.7 Å². The highest BCUT2D eigenvalue weighted by Crippen LogP contribution is 2.09. The standard InChI is InChI=1S/C14H27N3O3/c1-10(2)17(11(3)4)8-6-15-13(19)9-16-7-5-12(18)14(16)20/h10-12,18H,5-9H2,1-4H3,(H,15,19). The molecule has 1 heterocycles. The summed E-state index contributed by atoms with van der Waals surface area (Å²) in [7, 11) is 0. The zero-order valence-corrected chi connectivity index (χ0v) is 12.9. The number of rotatable bonds is 7. The molecule has 1 saturated heterocycles. The molecule has 6 nitrogen and oxygen atoms in total. The summed E-state index contributed by atoms with van der Waals surface area (Å²) in [5, 5.41) is 12.2. The van der Waals surface area contributed by atoms with Gasteiger partial charge in [-0.3, -0.25) is 14.5 Å². The Kier molecular flexibility index (Phi) is 6.42. The number of likely N-dealkylation sites (tertiary alicyclic amines) is 1. The highest BCUT2D eigenvalue weighted by atomic mass is 16.3. The topological polar surface area (TPSA) is 72.9 Å². The number of hydrogen-bond donors (Lipinski definition) is 2. The largest absolute Gasteiger partial charge is 0.383 e. The van der Waals surface area contributed by atoms with Gasteiger partial charge in [-0.15, -0.1) is 0 Å². The molecule has 0 radical (unpaired) electrons. The second-order valence-corrected chi connectivity index (χ2v) is 5.84. The quantitative estimate of drug-likeness (QED) is 0.680. The first-order chi connectivity index (χ1) is 9.32.